The predicted octanol–water partition coefficient (Wildman–Crippen LogP) is 3.05. The summed E-state index contributed by atoms with van der Waals surface area (Å²) in [6, 6.07) is 0. The van der Waals surface area contributed by atoms with Crippen molar-refractivity contribution in [3.8, 4) is 0 Å². The first kappa shape index (κ1) is 13.9. The Morgan fingerprint density at radius 1 is 0.944 bits per heavy atom. The Bertz CT molecular complexity index is 257. The standard InChI is InChI=1S/C15H26O3/c1-18-14(16)15(17,12-8-4-2-5-9-12)13-10-6-3-7-11-13/h12-13,17H,2-11H2,1H3. The molecule has 0 saturated heterocycles. The van der Waals surface area contributed by atoms with Crippen molar-refractivity contribution in [3.63, 3.8) is 0 Å². The number of hydrogen-bond donors (Lipinski definition) is 1. The van der Waals surface area contributed by atoms with Crippen LogP contribution < -0.4 is 0 Å². The van der Waals surface area contributed by atoms with E-state index < -0.39 is 5.60 Å². The van der Waals surface area contributed by atoms with E-state index in [0.29, 0.717) is 0 Å². The van der Waals surface area contributed by atoms with Crippen LogP contribution in [0.15, 0.2) is 0 Å². The maximum absolute atomic E-state index is 12.2. The van der Waals surface area contributed by atoms with Gasteiger partial charge >= 0.3 is 5.97 Å². The van der Waals surface area contributed by atoms with Gasteiger partial charge in [0.1, 0.15) is 0 Å². The van der Waals surface area contributed by atoms with E-state index in [2.05, 4.69) is 0 Å². The Morgan fingerprint density at radius 3 is 1.67 bits per heavy atom. The summed E-state index contributed by atoms with van der Waals surface area (Å²) >= 11 is 0. The maximum atomic E-state index is 12.2. The van der Waals surface area contributed by atoms with Gasteiger partial charge in [0.15, 0.2) is 5.60 Å². The summed E-state index contributed by atoms with van der Waals surface area (Å²) in [5.74, 6) is -0.162. The van der Waals surface area contributed by atoms with Crippen molar-refractivity contribution in [2.24, 2.45) is 11.8 Å². The van der Waals surface area contributed by atoms with E-state index in [1.54, 1.807) is 0 Å². The Kier molecular flexibility index (Phi) is 4.66. The normalized spacial score (nSPS) is 23.9. The highest BCUT2D eigenvalue weighted by molar-refractivity contribution is 5.80. The molecule has 0 spiro atoms. The number of esters is 1. The van der Waals surface area contributed by atoms with Gasteiger partial charge in [0.05, 0.1) is 7.11 Å². The van der Waals surface area contributed by atoms with Crippen molar-refractivity contribution in [2.75, 3.05) is 7.11 Å². The second kappa shape index (κ2) is 6.05. The molecule has 0 radical (unpaired) electrons. The average molecular weight is 254 g/mol. The smallest absolute Gasteiger partial charge is 0.338 e. The number of hydrogen-bond acceptors (Lipinski definition) is 3. The number of carbonyl (C=O) groups excluding carboxylic acids is 1. The Labute approximate surface area is 110 Å². The van der Waals surface area contributed by atoms with Crippen LogP contribution in [0.3, 0.4) is 0 Å². The fourth-order valence-corrected chi connectivity index (χ4v) is 3.92. The second-order valence-corrected chi connectivity index (χ2v) is 5.99. The van der Waals surface area contributed by atoms with Crippen LogP contribution in [0.4, 0.5) is 0 Å². The van der Waals surface area contributed by atoms with Gasteiger partial charge in [-0.3, -0.25) is 0 Å². The summed E-state index contributed by atoms with van der Waals surface area (Å²) in [7, 11) is 1.40. The fourth-order valence-electron chi connectivity index (χ4n) is 3.92. The third-order valence-electron chi connectivity index (χ3n) is 4.97. The number of carbonyl (C=O) groups is 1. The summed E-state index contributed by atoms with van der Waals surface area (Å²) < 4.78 is 4.93. The highest BCUT2D eigenvalue weighted by Crippen LogP contribution is 2.43. The summed E-state index contributed by atoms with van der Waals surface area (Å²) in [5.41, 5.74) is -1.21. The van der Waals surface area contributed by atoms with E-state index in [-0.39, 0.29) is 17.8 Å². The molecule has 104 valence electrons. The molecule has 0 atom stereocenters. The topological polar surface area (TPSA) is 46.5 Å². The lowest BCUT2D eigenvalue weighted by molar-refractivity contribution is -0.181. The Balaban J connectivity index is 2.17. The lowest BCUT2D eigenvalue weighted by atomic mass is 9.66. The Morgan fingerprint density at radius 2 is 1.33 bits per heavy atom. The van der Waals surface area contributed by atoms with Gasteiger partial charge in [-0.1, -0.05) is 38.5 Å². The van der Waals surface area contributed by atoms with Gasteiger partial charge in [-0.25, -0.2) is 4.79 Å². The maximum Gasteiger partial charge on any atom is 0.338 e. The van der Waals surface area contributed by atoms with Gasteiger partial charge < -0.3 is 9.84 Å². The first-order valence-corrected chi connectivity index (χ1v) is 7.50. The van der Waals surface area contributed by atoms with Gasteiger partial charge in [-0.15, -0.1) is 0 Å². The molecule has 0 heterocycles. The average Bonchev–Trinajstić information content (AvgIpc) is 2.47. The van der Waals surface area contributed by atoms with Crippen LogP contribution in [-0.4, -0.2) is 23.8 Å². The Hall–Kier alpha value is -0.570. The van der Waals surface area contributed by atoms with Crippen LogP contribution in [0.2, 0.25) is 0 Å². The molecule has 0 aliphatic heterocycles. The lowest BCUT2D eigenvalue weighted by Gasteiger charge is -2.43. The quantitative estimate of drug-likeness (QED) is 0.787. The number of ether oxygens (including phenoxy) is 1. The SMILES string of the molecule is COC(=O)C(O)(C1CCCCC1)C1CCCCC1. The van der Waals surface area contributed by atoms with Crippen LogP contribution in [0, 0.1) is 11.8 Å². The van der Waals surface area contributed by atoms with E-state index in [1.165, 1.54) is 20.0 Å². The number of methoxy groups -OCH3 is 1. The van der Waals surface area contributed by atoms with E-state index in [4.69, 9.17) is 4.74 Å². The van der Waals surface area contributed by atoms with Crippen LogP contribution in [0.5, 0.6) is 0 Å². The fraction of sp³-hybridized carbons (Fsp3) is 0.933. The van der Waals surface area contributed by atoms with Gasteiger partial charge in [-0.2, -0.15) is 0 Å². The summed E-state index contributed by atoms with van der Waals surface area (Å²) in [5, 5.41) is 11.1. The molecular weight excluding hydrogens is 228 g/mol. The molecule has 2 rings (SSSR count). The van der Waals surface area contributed by atoms with Gasteiger partial charge in [0, 0.05) is 0 Å². The number of aliphatic hydroxyl groups is 1. The molecule has 18 heavy (non-hydrogen) atoms. The van der Waals surface area contributed by atoms with E-state index in [9.17, 15) is 9.90 Å². The molecular formula is C15H26O3. The van der Waals surface area contributed by atoms with Crippen molar-refractivity contribution >= 4 is 5.97 Å². The van der Waals surface area contributed by atoms with E-state index in [0.717, 1.165) is 51.4 Å². The molecule has 0 aromatic heterocycles. The molecule has 0 bridgehead atoms. The van der Waals surface area contributed by atoms with E-state index in [1.807, 2.05) is 0 Å². The van der Waals surface area contributed by atoms with E-state index >= 15 is 0 Å². The molecule has 2 aliphatic rings. The third kappa shape index (κ3) is 2.56. The highest BCUT2D eigenvalue weighted by Gasteiger charge is 2.50. The summed E-state index contributed by atoms with van der Waals surface area (Å²) in [6.45, 7) is 0. The van der Waals surface area contributed by atoms with Gasteiger partial charge in [-0.05, 0) is 37.5 Å². The monoisotopic (exact) mass is 254 g/mol. The largest absolute Gasteiger partial charge is 0.467 e. The lowest BCUT2D eigenvalue weighted by Crippen LogP contribution is -2.53. The molecule has 2 fully saturated rings. The molecule has 3 nitrogen and oxygen atoms in total. The minimum Gasteiger partial charge on any atom is -0.467 e. The van der Waals surface area contributed by atoms with Crippen LogP contribution in [0.1, 0.15) is 64.2 Å². The minimum atomic E-state index is -1.21. The summed E-state index contributed by atoms with van der Waals surface area (Å²) in [6.07, 6.45) is 10.9. The molecule has 2 saturated carbocycles. The van der Waals surface area contributed by atoms with Gasteiger partial charge in [0.2, 0.25) is 0 Å². The third-order valence-corrected chi connectivity index (χ3v) is 4.97. The van der Waals surface area contributed by atoms with Crippen LogP contribution >= 0.6 is 0 Å². The van der Waals surface area contributed by atoms with Crippen molar-refractivity contribution < 1.29 is 14.6 Å². The van der Waals surface area contributed by atoms with Crippen molar-refractivity contribution in [1.29, 1.82) is 0 Å². The van der Waals surface area contributed by atoms with Crippen LogP contribution in [-0.2, 0) is 9.53 Å². The number of rotatable bonds is 3. The summed E-state index contributed by atoms with van der Waals surface area (Å²) in [4.78, 5) is 12.2. The molecule has 0 unspecified atom stereocenters. The molecule has 1 N–H and O–H groups in total. The molecule has 0 aromatic carbocycles. The minimum absolute atomic E-state index is 0.113. The first-order chi connectivity index (χ1) is 8.69. The molecule has 2 aliphatic carbocycles. The van der Waals surface area contributed by atoms with Crippen molar-refractivity contribution in [1.82, 2.24) is 0 Å². The van der Waals surface area contributed by atoms with Gasteiger partial charge in [0.25, 0.3) is 0 Å². The highest BCUT2D eigenvalue weighted by atomic mass is 16.5. The zero-order valence-electron chi connectivity index (χ0n) is 11.5. The molecule has 3 heteroatoms. The second-order valence-electron chi connectivity index (χ2n) is 5.99. The molecule has 0 amide bonds. The first-order valence-electron chi connectivity index (χ1n) is 7.50. The van der Waals surface area contributed by atoms with Crippen LogP contribution in [0.25, 0.3) is 0 Å². The molecule has 0 aromatic rings. The predicted molar refractivity (Wildman–Crippen MR) is 70.1 cm³/mol. The van der Waals surface area contributed by atoms with Crippen molar-refractivity contribution in [3.05, 3.63) is 0 Å². The van der Waals surface area contributed by atoms with Crippen molar-refractivity contribution in [2.45, 2.75) is 69.8 Å². The zero-order chi connectivity index (χ0) is 13.0. The zero-order valence-corrected chi connectivity index (χ0v) is 11.5.